The van der Waals surface area contributed by atoms with E-state index in [0.717, 1.165) is 24.2 Å². The highest BCUT2D eigenvalue weighted by Crippen LogP contribution is 2.20. The van der Waals surface area contributed by atoms with Gasteiger partial charge in [-0.3, -0.25) is 9.97 Å². The standard InChI is InChI=1S/C15H19N3O/c1-2-19-14-8-13(10-18-11-14)15(16)6-5-12-4-3-7-17-9-12/h3-4,7-11,15H,2,5-6,16H2,1H3. The molecule has 0 aliphatic carbocycles. The minimum atomic E-state index is -0.0342. The topological polar surface area (TPSA) is 61.0 Å². The highest BCUT2D eigenvalue weighted by atomic mass is 16.5. The Labute approximate surface area is 113 Å². The van der Waals surface area contributed by atoms with Gasteiger partial charge in [0.25, 0.3) is 0 Å². The molecule has 2 N–H and O–H groups in total. The first-order valence-corrected chi connectivity index (χ1v) is 6.52. The molecule has 2 aromatic rings. The molecule has 1 unspecified atom stereocenters. The van der Waals surface area contributed by atoms with Gasteiger partial charge in [0.1, 0.15) is 5.75 Å². The van der Waals surface area contributed by atoms with E-state index in [1.54, 1.807) is 18.6 Å². The van der Waals surface area contributed by atoms with Crippen molar-refractivity contribution in [3.8, 4) is 5.75 Å². The average Bonchev–Trinajstić information content (AvgIpc) is 2.46. The molecule has 0 amide bonds. The van der Waals surface area contributed by atoms with E-state index in [0.29, 0.717) is 6.61 Å². The van der Waals surface area contributed by atoms with Crippen LogP contribution in [0.2, 0.25) is 0 Å². The van der Waals surface area contributed by atoms with Crippen LogP contribution in [0.5, 0.6) is 5.75 Å². The molecule has 0 bridgehead atoms. The molecule has 4 nitrogen and oxygen atoms in total. The predicted molar refractivity (Wildman–Crippen MR) is 74.9 cm³/mol. The van der Waals surface area contributed by atoms with Crippen molar-refractivity contribution < 1.29 is 4.74 Å². The van der Waals surface area contributed by atoms with Gasteiger partial charge < -0.3 is 10.5 Å². The minimum Gasteiger partial charge on any atom is -0.492 e. The lowest BCUT2D eigenvalue weighted by molar-refractivity contribution is 0.338. The molecule has 0 aliphatic heterocycles. The lowest BCUT2D eigenvalue weighted by Crippen LogP contribution is -2.12. The first-order valence-electron chi connectivity index (χ1n) is 6.52. The molecule has 0 fully saturated rings. The third kappa shape index (κ3) is 4.03. The Morgan fingerprint density at radius 3 is 2.89 bits per heavy atom. The van der Waals surface area contributed by atoms with E-state index < -0.39 is 0 Å². The van der Waals surface area contributed by atoms with Crippen LogP contribution < -0.4 is 10.5 Å². The van der Waals surface area contributed by atoms with Crippen molar-refractivity contribution in [2.24, 2.45) is 5.73 Å². The van der Waals surface area contributed by atoms with Gasteiger partial charge in [-0.1, -0.05) is 6.07 Å². The number of pyridine rings is 2. The van der Waals surface area contributed by atoms with E-state index in [4.69, 9.17) is 10.5 Å². The normalized spacial score (nSPS) is 12.1. The number of ether oxygens (including phenoxy) is 1. The van der Waals surface area contributed by atoms with Gasteiger partial charge >= 0.3 is 0 Å². The number of nitrogens with two attached hydrogens (primary N) is 1. The summed E-state index contributed by atoms with van der Waals surface area (Å²) in [4.78, 5) is 8.26. The number of nitrogens with zero attached hydrogens (tertiary/aromatic N) is 2. The molecule has 0 radical (unpaired) electrons. The number of hydrogen-bond donors (Lipinski definition) is 1. The molecule has 4 heteroatoms. The van der Waals surface area contributed by atoms with E-state index >= 15 is 0 Å². The molecule has 100 valence electrons. The van der Waals surface area contributed by atoms with Crippen molar-refractivity contribution >= 4 is 0 Å². The molecule has 2 rings (SSSR count). The van der Waals surface area contributed by atoms with Crippen LogP contribution in [0.25, 0.3) is 0 Å². The second-order valence-electron chi connectivity index (χ2n) is 4.39. The lowest BCUT2D eigenvalue weighted by atomic mass is 10.0. The van der Waals surface area contributed by atoms with Gasteiger partial charge in [-0.15, -0.1) is 0 Å². The van der Waals surface area contributed by atoms with E-state index in [9.17, 15) is 0 Å². The van der Waals surface area contributed by atoms with Crippen molar-refractivity contribution in [1.82, 2.24) is 9.97 Å². The summed E-state index contributed by atoms with van der Waals surface area (Å²) in [6.45, 7) is 2.59. The Hall–Kier alpha value is -1.94. The summed E-state index contributed by atoms with van der Waals surface area (Å²) in [6.07, 6.45) is 8.94. The van der Waals surface area contributed by atoms with Crippen molar-refractivity contribution in [3.05, 3.63) is 54.1 Å². The molecule has 0 spiro atoms. The monoisotopic (exact) mass is 257 g/mol. The zero-order chi connectivity index (χ0) is 13.5. The second kappa shape index (κ2) is 6.85. The number of rotatable bonds is 6. The molecule has 0 saturated carbocycles. The van der Waals surface area contributed by atoms with Crippen LogP contribution in [-0.2, 0) is 6.42 Å². The maximum absolute atomic E-state index is 6.19. The third-order valence-electron chi connectivity index (χ3n) is 2.94. The fourth-order valence-electron chi connectivity index (χ4n) is 1.92. The molecular weight excluding hydrogens is 238 g/mol. The van der Waals surface area contributed by atoms with Crippen LogP contribution in [0.1, 0.15) is 30.5 Å². The summed E-state index contributed by atoms with van der Waals surface area (Å²) in [5, 5.41) is 0. The molecule has 0 aromatic carbocycles. The fourth-order valence-corrected chi connectivity index (χ4v) is 1.92. The zero-order valence-electron chi connectivity index (χ0n) is 11.1. The fraction of sp³-hybridized carbons (Fsp3) is 0.333. The van der Waals surface area contributed by atoms with Crippen molar-refractivity contribution in [2.75, 3.05) is 6.61 Å². The van der Waals surface area contributed by atoms with Gasteiger partial charge in [0, 0.05) is 24.6 Å². The molecule has 1 atom stereocenters. The quantitative estimate of drug-likeness (QED) is 0.863. The maximum atomic E-state index is 6.19. The number of hydrogen-bond acceptors (Lipinski definition) is 4. The third-order valence-corrected chi connectivity index (χ3v) is 2.94. The van der Waals surface area contributed by atoms with Gasteiger partial charge in [-0.2, -0.15) is 0 Å². The van der Waals surface area contributed by atoms with Crippen molar-refractivity contribution in [3.63, 3.8) is 0 Å². The van der Waals surface area contributed by atoms with Gasteiger partial charge in [0.15, 0.2) is 0 Å². The predicted octanol–water partition coefficient (Wildman–Crippen LogP) is 2.51. The lowest BCUT2D eigenvalue weighted by Gasteiger charge is -2.12. The van der Waals surface area contributed by atoms with Gasteiger partial charge in [0.05, 0.1) is 12.8 Å². The molecule has 19 heavy (non-hydrogen) atoms. The van der Waals surface area contributed by atoms with Crippen LogP contribution in [0, 0.1) is 0 Å². The smallest absolute Gasteiger partial charge is 0.137 e. The first-order chi connectivity index (χ1) is 9.29. The molecule has 2 heterocycles. The Morgan fingerprint density at radius 2 is 2.16 bits per heavy atom. The highest BCUT2D eigenvalue weighted by molar-refractivity contribution is 5.26. The molecule has 0 saturated heterocycles. The second-order valence-corrected chi connectivity index (χ2v) is 4.39. The van der Waals surface area contributed by atoms with Crippen molar-refractivity contribution in [1.29, 1.82) is 0 Å². The van der Waals surface area contributed by atoms with Crippen LogP contribution in [0.4, 0.5) is 0 Å². The van der Waals surface area contributed by atoms with E-state index in [2.05, 4.69) is 16.0 Å². The number of aromatic nitrogens is 2. The minimum absolute atomic E-state index is 0.0342. The largest absolute Gasteiger partial charge is 0.492 e. The average molecular weight is 257 g/mol. The van der Waals surface area contributed by atoms with E-state index in [1.807, 2.05) is 25.3 Å². The van der Waals surface area contributed by atoms with Crippen LogP contribution in [0.3, 0.4) is 0 Å². The van der Waals surface area contributed by atoms with Gasteiger partial charge in [0.2, 0.25) is 0 Å². The molecular formula is C15H19N3O. The van der Waals surface area contributed by atoms with Crippen LogP contribution in [0.15, 0.2) is 43.0 Å². The maximum Gasteiger partial charge on any atom is 0.137 e. The van der Waals surface area contributed by atoms with Crippen LogP contribution >= 0.6 is 0 Å². The van der Waals surface area contributed by atoms with Gasteiger partial charge in [-0.05, 0) is 43.0 Å². The Bertz CT molecular complexity index is 502. The summed E-state index contributed by atoms with van der Waals surface area (Å²) in [5.74, 6) is 0.775. The molecule has 0 aliphatic rings. The summed E-state index contributed by atoms with van der Waals surface area (Å²) in [7, 11) is 0. The zero-order valence-corrected chi connectivity index (χ0v) is 11.1. The summed E-state index contributed by atoms with van der Waals surface area (Å²) in [5.41, 5.74) is 8.40. The molecule has 2 aromatic heterocycles. The summed E-state index contributed by atoms with van der Waals surface area (Å²) in [6, 6.07) is 5.94. The summed E-state index contributed by atoms with van der Waals surface area (Å²) < 4.78 is 5.43. The SMILES string of the molecule is CCOc1cncc(C(N)CCc2cccnc2)c1. The Balaban J connectivity index is 1.95. The summed E-state index contributed by atoms with van der Waals surface area (Å²) >= 11 is 0. The highest BCUT2D eigenvalue weighted by Gasteiger charge is 2.08. The Morgan fingerprint density at radius 1 is 1.26 bits per heavy atom. The van der Waals surface area contributed by atoms with Crippen LogP contribution in [-0.4, -0.2) is 16.6 Å². The van der Waals surface area contributed by atoms with Crippen molar-refractivity contribution in [2.45, 2.75) is 25.8 Å². The van der Waals surface area contributed by atoms with E-state index in [-0.39, 0.29) is 6.04 Å². The Kier molecular flexibility index (Phi) is 4.86. The first kappa shape index (κ1) is 13.5. The van der Waals surface area contributed by atoms with Gasteiger partial charge in [-0.25, -0.2) is 0 Å². The van der Waals surface area contributed by atoms with E-state index in [1.165, 1.54) is 5.56 Å². The number of aryl methyl sites for hydroxylation is 1.